The van der Waals surface area contributed by atoms with Gasteiger partial charge in [-0.25, -0.2) is 0 Å². The number of alkyl halides is 1. The monoisotopic (exact) mass is 707 g/mol. The molecule has 2 bridgehead atoms. The summed E-state index contributed by atoms with van der Waals surface area (Å²) in [5.41, 5.74) is 0.276. The number of fused-ring (bicyclic) bond motifs is 1. The molecule has 2 N–H and O–H groups in total. The Morgan fingerprint density at radius 2 is 1.83 bits per heavy atom. The van der Waals surface area contributed by atoms with Crippen molar-refractivity contribution >= 4 is 39.6 Å². The van der Waals surface area contributed by atoms with Gasteiger partial charge in [-0.3, -0.25) is 19.2 Å². The Labute approximate surface area is 283 Å². The van der Waals surface area contributed by atoms with Crippen LogP contribution in [0.5, 0.6) is 0 Å². The summed E-state index contributed by atoms with van der Waals surface area (Å²) < 4.78 is 12.8. The van der Waals surface area contributed by atoms with E-state index in [1.54, 1.807) is 24.0 Å². The van der Waals surface area contributed by atoms with Gasteiger partial charge in [-0.2, -0.15) is 0 Å². The number of aliphatic hydroxyl groups excluding tert-OH is 1. The number of halogens is 1. The van der Waals surface area contributed by atoms with Crippen molar-refractivity contribution in [3.63, 3.8) is 0 Å². The first-order valence-corrected chi connectivity index (χ1v) is 16.9. The van der Waals surface area contributed by atoms with Crippen LogP contribution in [0.3, 0.4) is 0 Å². The molecule has 0 saturated carbocycles. The van der Waals surface area contributed by atoms with E-state index < -0.39 is 53.6 Å². The van der Waals surface area contributed by atoms with Gasteiger partial charge in [0.15, 0.2) is 0 Å². The van der Waals surface area contributed by atoms with Crippen molar-refractivity contribution in [2.75, 3.05) is 19.7 Å². The summed E-state index contributed by atoms with van der Waals surface area (Å²) in [6, 6.07) is 17.0. The van der Waals surface area contributed by atoms with Gasteiger partial charge < -0.3 is 29.7 Å². The third-order valence-electron chi connectivity index (χ3n) is 9.30. The van der Waals surface area contributed by atoms with E-state index in [1.807, 2.05) is 60.7 Å². The molecule has 0 radical (unpaired) electrons. The van der Waals surface area contributed by atoms with Crippen LogP contribution in [0, 0.1) is 11.8 Å². The molecule has 2 aromatic rings. The minimum Gasteiger partial charge on any atom is -0.455 e. The number of nitrogens with zero attached hydrogens (tertiary/aromatic N) is 2. The molecule has 8 atom stereocenters. The molecule has 5 rings (SSSR count). The van der Waals surface area contributed by atoms with Gasteiger partial charge in [0.2, 0.25) is 17.7 Å². The van der Waals surface area contributed by atoms with E-state index >= 15 is 0 Å². The Hall–Kier alpha value is -3.80. The van der Waals surface area contributed by atoms with Crippen LogP contribution in [0.15, 0.2) is 86.0 Å². The highest BCUT2D eigenvalue weighted by Crippen LogP contribution is 2.60. The van der Waals surface area contributed by atoms with Gasteiger partial charge in [0.25, 0.3) is 0 Å². The molecule has 1 unspecified atom stereocenters. The van der Waals surface area contributed by atoms with E-state index in [0.717, 1.165) is 5.56 Å². The van der Waals surface area contributed by atoms with Crippen molar-refractivity contribution in [2.24, 2.45) is 11.8 Å². The van der Waals surface area contributed by atoms with Crippen molar-refractivity contribution in [1.82, 2.24) is 15.1 Å². The number of aliphatic hydroxyl groups is 1. The van der Waals surface area contributed by atoms with Crippen LogP contribution in [0.4, 0.5) is 0 Å². The first-order chi connectivity index (χ1) is 22.7. The lowest BCUT2D eigenvalue weighted by Gasteiger charge is -2.37. The Bertz CT molecular complexity index is 1470. The first-order valence-electron chi connectivity index (χ1n) is 16.0. The lowest BCUT2D eigenvalue weighted by Crippen LogP contribution is -2.56. The molecule has 3 aliphatic rings. The molecule has 0 aromatic heterocycles. The fourth-order valence-corrected chi connectivity index (χ4v) is 8.27. The van der Waals surface area contributed by atoms with Crippen LogP contribution in [0.2, 0.25) is 0 Å². The Balaban J connectivity index is 1.46. The van der Waals surface area contributed by atoms with E-state index in [0.29, 0.717) is 18.4 Å². The number of carbonyl (C=O) groups is 4. The molecule has 3 amide bonds. The number of allylic oxidation sites excluding steroid dienone is 1. The summed E-state index contributed by atoms with van der Waals surface area (Å²) in [7, 11) is 0. The van der Waals surface area contributed by atoms with Gasteiger partial charge in [0.1, 0.15) is 17.7 Å². The zero-order chi connectivity index (χ0) is 33.7. The molecular formula is C36H42BrN3O7. The molecule has 1 spiro atoms. The number of esters is 1. The van der Waals surface area contributed by atoms with E-state index in [-0.39, 0.29) is 49.3 Å². The minimum atomic E-state index is -1.31. The quantitative estimate of drug-likeness (QED) is 0.164. The number of carbonyl (C=O) groups excluding carboxylic acids is 4. The summed E-state index contributed by atoms with van der Waals surface area (Å²) in [5, 5.41) is 12.9. The van der Waals surface area contributed by atoms with E-state index in [9.17, 15) is 24.3 Å². The molecule has 47 heavy (non-hydrogen) atoms. The largest absolute Gasteiger partial charge is 0.455 e. The number of nitrogens with one attached hydrogen (secondary N) is 1. The molecule has 3 heterocycles. The van der Waals surface area contributed by atoms with Gasteiger partial charge in [0.05, 0.1) is 30.6 Å². The molecular weight excluding hydrogens is 666 g/mol. The number of ether oxygens (including phenoxy) is 2. The number of rotatable bonds is 15. The molecule has 3 saturated heterocycles. The summed E-state index contributed by atoms with van der Waals surface area (Å²) in [6.45, 7) is 9.32. The van der Waals surface area contributed by atoms with E-state index in [1.165, 1.54) is 4.90 Å². The van der Waals surface area contributed by atoms with Crippen molar-refractivity contribution in [2.45, 2.75) is 67.5 Å². The molecule has 10 nitrogen and oxygen atoms in total. The molecule has 250 valence electrons. The van der Waals surface area contributed by atoms with E-state index in [4.69, 9.17) is 9.47 Å². The molecule has 2 aromatic carbocycles. The molecule has 0 aliphatic carbocycles. The summed E-state index contributed by atoms with van der Waals surface area (Å²) in [4.78, 5) is 58.2. The van der Waals surface area contributed by atoms with Crippen LogP contribution in [-0.4, -0.2) is 86.9 Å². The van der Waals surface area contributed by atoms with E-state index in [2.05, 4.69) is 34.4 Å². The Morgan fingerprint density at radius 3 is 2.47 bits per heavy atom. The lowest BCUT2D eigenvalue weighted by molar-refractivity contribution is -0.162. The molecule has 11 heteroatoms. The maximum Gasteiger partial charge on any atom is 0.313 e. The smallest absolute Gasteiger partial charge is 0.313 e. The Kier molecular flexibility index (Phi) is 11.0. The second-order valence-electron chi connectivity index (χ2n) is 12.4. The van der Waals surface area contributed by atoms with Crippen LogP contribution in [0.25, 0.3) is 0 Å². The second kappa shape index (κ2) is 15.0. The SMILES string of the molecule is C=CCCC(=O)N[C@@H](C)[C@H](OC(=O)[C@@H]1[C@H]2O[C@@]3(CC2Br)[C@H](C(=O)N(CC=C)Cc2ccccc2)N(CCO)C(=O)[C@@H]13)c1ccccc1. The van der Waals surface area contributed by atoms with Crippen molar-refractivity contribution in [3.8, 4) is 0 Å². The van der Waals surface area contributed by atoms with Gasteiger partial charge in [-0.15, -0.1) is 13.2 Å². The molecule has 3 aliphatic heterocycles. The van der Waals surface area contributed by atoms with Crippen LogP contribution in [-0.2, 0) is 35.2 Å². The number of β-amino-alcohol motifs (C(OH)–C–C–N with tert-alkyl or cyclic N) is 1. The van der Waals surface area contributed by atoms with Crippen molar-refractivity contribution in [3.05, 3.63) is 97.1 Å². The number of amides is 3. The second-order valence-corrected chi connectivity index (χ2v) is 13.5. The zero-order valence-electron chi connectivity index (χ0n) is 26.5. The van der Waals surface area contributed by atoms with Gasteiger partial charge in [0, 0.05) is 30.9 Å². The minimum absolute atomic E-state index is 0.0933. The average Bonchev–Trinajstić information content (AvgIpc) is 3.66. The predicted octanol–water partition coefficient (Wildman–Crippen LogP) is 3.70. The van der Waals surface area contributed by atoms with Crippen molar-refractivity contribution < 1.29 is 33.8 Å². The lowest BCUT2D eigenvalue weighted by atomic mass is 9.70. The van der Waals surface area contributed by atoms with Gasteiger partial charge in [-0.05, 0) is 30.9 Å². The van der Waals surface area contributed by atoms with Gasteiger partial charge in [-0.1, -0.05) is 88.7 Å². The third-order valence-corrected chi connectivity index (χ3v) is 10.1. The number of benzene rings is 2. The fourth-order valence-electron chi connectivity index (χ4n) is 7.33. The normalized spacial score (nSPS) is 27.1. The van der Waals surface area contributed by atoms with Gasteiger partial charge >= 0.3 is 5.97 Å². The molecule has 3 fully saturated rings. The number of hydrogen-bond acceptors (Lipinski definition) is 7. The maximum absolute atomic E-state index is 14.5. The highest BCUT2D eigenvalue weighted by Gasteiger charge is 2.77. The Morgan fingerprint density at radius 1 is 1.15 bits per heavy atom. The maximum atomic E-state index is 14.5. The zero-order valence-corrected chi connectivity index (χ0v) is 28.1. The summed E-state index contributed by atoms with van der Waals surface area (Å²) in [5.74, 6) is -3.64. The number of likely N-dealkylation sites (tertiary alicyclic amines) is 1. The topological polar surface area (TPSA) is 125 Å². The summed E-state index contributed by atoms with van der Waals surface area (Å²) in [6.07, 6.45) is 2.79. The highest BCUT2D eigenvalue weighted by molar-refractivity contribution is 9.09. The van der Waals surface area contributed by atoms with Crippen LogP contribution >= 0.6 is 15.9 Å². The number of hydrogen-bond donors (Lipinski definition) is 2. The predicted molar refractivity (Wildman–Crippen MR) is 179 cm³/mol. The van der Waals surface area contributed by atoms with Crippen molar-refractivity contribution in [1.29, 1.82) is 0 Å². The highest BCUT2D eigenvalue weighted by atomic mass is 79.9. The third kappa shape index (κ3) is 6.79. The van der Waals surface area contributed by atoms with Crippen LogP contribution < -0.4 is 5.32 Å². The average molecular weight is 709 g/mol. The standard InChI is InChI=1S/C36H42BrN3O7/c1-4-6-17-27(42)38-23(3)30(25-15-11-8-12-16-25)46-35(45)28-29-33(43)40(19-20-41)32(36(29)21-26(37)31(28)47-36)34(44)39(18-5-2)22-24-13-9-7-10-14-24/h4-5,7-16,23,26,28-32,41H,1-2,6,17-22H2,3H3,(H,38,42)/t23-,26?,28-,29+,30-,31-,32-,36+/m0/s1. The fraction of sp³-hybridized carbons (Fsp3) is 0.444. The first kappa shape index (κ1) is 34.5. The van der Waals surface area contributed by atoms with Crippen LogP contribution in [0.1, 0.15) is 43.4 Å². The summed E-state index contributed by atoms with van der Waals surface area (Å²) >= 11 is 3.69.